The lowest BCUT2D eigenvalue weighted by Crippen LogP contribution is -2.48. The number of nitrogens with zero attached hydrogens (tertiary/aromatic N) is 8. The monoisotopic (exact) mass is 814 g/mol. The van der Waals surface area contributed by atoms with Crippen molar-refractivity contribution >= 4 is 57.8 Å². The summed E-state index contributed by atoms with van der Waals surface area (Å²) < 4.78 is 9.97. The topological polar surface area (TPSA) is 176 Å². The van der Waals surface area contributed by atoms with Crippen LogP contribution in [0, 0.1) is 18.8 Å². The van der Waals surface area contributed by atoms with Crippen LogP contribution in [0.3, 0.4) is 0 Å². The number of amides is 4. The van der Waals surface area contributed by atoms with Crippen molar-refractivity contribution < 1.29 is 28.7 Å². The second-order valence-electron chi connectivity index (χ2n) is 16.7. The molecule has 1 saturated carbocycles. The molecule has 16 heteroatoms. The van der Waals surface area contributed by atoms with Crippen molar-refractivity contribution in [1.29, 1.82) is 0 Å². The zero-order chi connectivity index (χ0) is 41.5. The number of likely N-dealkylation sites (N-methyl/N-ethyl adjacent to an activating group) is 1. The maximum Gasteiger partial charge on any atom is 0.262 e. The van der Waals surface area contributed by atoms with Gasteiger partial charge in [-0.25, -0.2) is 9.50 Å². The number of hydrogen-bond donors (Lipinski definition) is 2. The van der Waals surface area contributed by atoms with Crippen molar-refractivity contribution in [1.82, 2.24) is 39.5 Å². The largest absolute Gasteiger partial charge is 0.491 e. The minimum Gasteiger partial charge on any atom is -0.491 e. The molecule has 16 nitrogen and oxygen atoms in total. The molecule has 1 aliphatic carbocycles. The molecule has 3 fully saturated rings. The van der Waals surface area contributed by atoms with Crippen LogP contribution in [0.2, 0.25) is 0 Å². The summed E-state index contributed by atoms with van der Waals surface area (Å²) in [6.45, 7) is 7.21. The Morgan fingerprint density at radius 3 is 2.47 bits per heavy atom. The quantitative estimate of drug-likeness (QED) is 0.118. The second kappa shape index (κ2) is 16.5. The van der Waals surface area contributed by atoms with E-state index in [1.807, 2.05) is 31.3 Å². The third-order valence-electron chi connectivity index (χ3n) is 12.5. The van der Waals surface area contributed by atoms with Crippen molar-refractivity contribution in [3.63, 3.8) is 0 Å². The lowest BCUT2D eigenvalue weighted by atomic mass is 9.94. The van der Waals surface area contributed by atoms with Crippen LogP contribution in [0.5, 0.6) is 5.75 Å². The molecule has 0 bridgehead atoms. The Morgan fingerprint density at radius 2 is 1.72 bits per heavy atom. The molecular formula is C44H50N10O6. The number of piperidine rings is 2. The van der Waals surface area contributed by atoms with Gasteiger partial charge in [-0.3, -0.25) is 28.8 Å². The molecule has 6 heterocycles. The summed E-state index contributed by atoms with van der Waals surface area (Å²) in [7, 11) is 1.45. The molecule has 3 aromatic heterocycles. The van der Waals surface area contributed by atoms with Gasteiger partial charge < -0.3 is 30.0 Å². The number of imide groups is 1. The van der Waals surface area contributed by atoms with Crippen molar-refractivity contribution in [2.75, 3.05) is 56.6 Å². The Balaban J connectivity index is 0.802. The van der Waals surface area contributed by atoms with Gasteiger partial charge in [-0.2, -0.15) is 10.2 Å². The number of hydrogen-bond acceptors (Lipinski definition) is 11. The maximum atomic E-state index is 13.5. The number of aromatic nitrogens is 5. The first-order valence-electron chi connectivity index (χ1n) is 21.1. The highest BCUT2D eigenvalue weighted by molar-refractivity contribution is 6.23. The van der Waals surface area contributed by atoms with E-state index in [0.717, 1.165) is 98.3 Å². The molecule has 3 aliphatic heterocycles. The highest BCUT2D eigenvalue weighted by Crippen LogP contribution is 2.36. The molecule has 4 aliphatic rings. The van der Waals surface area contributed by atoms with Crippen molar-refractivity contribution in [2.24, 2.45) is 11.8 Å². The molecule has 1 atom stereocenters. The number of nitrogens with one attached hydrogen (secondary N) is 2. The number of benzene rings is 2. The third kappa shape index (κ3) is 7.83. The van der Waals surface area contributed by atoms with Gasteiger partial charge in [0.25, 0.3) is 17.7 Å². The van der Waals surface area contributed by atoms with Crippen LogP contribution < -0.4 is 20.3 Å². The van der Waals surface area contributed by atoms with Gasteiger partial charge >= 0.3 is 0 Å². The lowest BCUT2D eigenvalue weighted by molar-refractivity contribution is -0.124. The van der Waals surface area contributed by atoms with Gasteiger partial charge in [0, 0.05) is 81.9 Å². The van der Waals surface area contributed by atoms with E-state index in [2.05, 4.69) is 41.4 Å². The standard InChI is InChI=1S/C44H50N10O6/c1-27-21-46-40-35(22-47-53(40)23-27)41(56)48-37-18-30-25-52(49-36(30)20-39(37)60-26-29-5-6-29)31-11-13-50(14-12-31)24-28-9-15-51(16-10-28)32-7-8-33-34(19-32)44(59)54(43(33)58)38(4-3-17-55)42(57)45-2/h7-8,17-23,25,28-29,31,38H,3-6,9-16,24,26H2,1-2H3,(H,45,57)(H,48,56). The SMILES string of the molecule is CNC(=O)C(CCC=O)N1C(=O)c2ccc(N3CCC(CN4CCC(n5cc6cc(NC(=O)c7cnn8cc(C)cnc78)c(OCC7CC7)cc6n5)CC4)CC3)cc2C1=O. The van der Waals surface area contributed by atoms with Crippen LogP contribution in [0.25, 0.3) is 16.6 Å². The summed E-state index contributed by atoms with van der Waals surface area (Å²) in [6.07, 6.45) is 14.3. The Bertz CT molecular complexity index is 2480. The van der Waals surface area contributed by atoms with Gasteiger partial charge in [-0.1, -0.05) is 0 Å². The Labute approximate surface area is 347 Å². The minimum atomic E-state index is -1.03. The number of aldehydes is 1. The summed E-state index contributed by atoms with van der Waals surface area (Å²) >= 11 is 0. The smallest absolute Gasteiger partial charge is 0.262 e. The molecule has 0 spiro atoms. The molecule has 312 valence electrons. The van der Waals surface area contributed by atoms with Gasteiger partial charge in [0.15, 0.2) is 5.65 Å². The van der Waals surface area contributed by atoms with Gasteiger partial charge in [0.05, 0.1) is 41.2 Å². The van der Waals surface area contributed by atoms with Crippen LogP contribution >= 0.6 is 0 Å². The summed E-state index contributed by atoms with van der Waals surface area (Å²) in [5.41, 5.74) is 4.75. The third-order valence-corrected chi connectivity index (χ3v) is 12.5. The number of carbonyl (C=O) groups excluding carboxylic acids is 5. The molecule has 0 radical (unpaired) electrons. The van der Waals surface area contributed by atoms with E-state index < -0.39 is 23.8 Å². The fourth-order valence-corrected chi connectivity index (χ4v) is 8.89. The zero-order valence-electron chi connectivity index (χ0n) is 34.0. The Hall–Kier alpha value is -6.16. The number of rotatable bonds is 14. The van der Waals surface area contributed by atoms with E-state index in [4.69, 9.17) is 9.84 Å². The number of fused-ring (bicyclic) bond motifs is 3. The summed E-state index contributed by atoms with van der Waals surface area (Å²) in [5, 5.41) is 15.9. The van der Waals surface area contributed by atoms with Crippen LogP contribution in [0.15, 0.2) is 55.1 Å². The maximum absolute atomic E-state index is 13.5. The summed E-state index contributed by atoms with van der Waals surface area (Å²) in [4.78, 5) is 74.2. The average Bonchev–Trinajstić information content (AvgIpc) is 3.77. The van der Waals surface area contributed by atoms with Crippen molar-refractivity contribution in [3.8, 4) is 5.75 Å². The molecule has 5 aromatic rings. The number of aryl methyl sites for hydroxylation is 1. The number of carbonyl (C=O) groups is 5. The molecule has 2 aromatic carbocycles. The molecule has 2 N–H and O–H groups in total. The van der Waals surface area contributed by atoms with E-state index in [1.54, 1.807) is 29.0 Å². The molecule has 2 saturated heterocycles. The van der Waals surface area contributed by atoms with Crippen molar-refractivity contribution in [3.05, 3.63) is 77.4 Å². The van der Waals surface area contributed by atoms with Crippen LogP contribution in [-0.4, -0.2) is 117 Å². The van der Waals surface area contributed by atoms with E-state index in [0.29, 0.717) is 52.9 Å². The van der Waals surface area contributed by atoms with E-state index in [1.165, 1.54) is 7.05 Å². The number of anilines is 2. The van der Waals surface area contributed by atoms with E-state index in [-0.39, 0.29) is 30.4 Å². The molecule has 9 rings (SSSR count). The predicted octanol–water partition coefficient (Wildman–Crippen LogP) is 4.67. The first-order chi connectivity index (χ1) is 29.2. The zero-order valence-corrected chi connectivity index (χ0v) is 34.0. The van der Waals surface area contributed by atoms with Gasteiger partial charge in [0.2, 0.25) is 5.91 Å². The van der Waals surface area contributed by atoms with Crippen LogP contribution in [-0.2, 0) is 9.59 Å². The fraction of sp³-hybridized carbons (Fsp3) is 0.455. The molecule has 60 heavy (non-hydrogen) atoms. The number of ether oxygens (including phenoxy) is 1. The fourth-order valence-electron chi connectivity index (χ4n) is 8.89. The average molecular weight is 815 g/mol. The molecular weight excluding hydrogens is 765 g/mol. The normalized spacial score (nSPS) is 18.3. The Morgan fingerprint density at radius 1 is 0.933 bits per heavy atom. The van der Waals surface area contributed by atoms with Gasteiger partial charge in [0.1, 0.15) is 23.6 Å². The summed E-state index contributed by atoms with van der Waals surface area (Å²) in [6, 6.07) is 8.48. The predicted molar refractivity (Wildman–Crippen MR) is 223 cm³/mol. The Kier molecular flexibility index (Phi) is 10.8. The highest BCUT2D eigenvalue weighted by Gasteiger charge is 2.43. The first-order valence-corrected chi connectivity index (χ1v) is 21.1. The number of likely N-dealkylation sites (tertiary alicyclic amines) is 1. The van der Waals surface area contributed by atoms with Crippen molar-refractivity contribution in [2.45, 2.75) is 70.4 Å². The van der Waals surface area contributed by atoms with E-state index in [9.17, 15) is 24.0 Å². The first kappa shape index (κ1) is 39.3. The second-order valence-corrected chi connectivity index (χ2v) is 16.7. The van der Waals surface area contributed by atoms with Gasteiger partial charge in [-0.15, -0.1) is 0 Å². The summed E-state index contributed by atoms with van der Waals surface area (Å²) in [5.74, 6) is -0.0662. The van der Waals surface area contributed by atoms with Gasteiger partial charge in [-0.05, 0) is 93.5 Å². The van der Waals surface area contributed by atoms with Crippen LogP contribution in [0.4, 0.5) is 11.4 Å². The molecule has 4 amide bonds. The highest BCUT2D eigenvalue weighted by atomic mass is 16.5. The van der Waals surface area contributed by atoms with Crippen LogP contribution in [0.1, 0.15) is 94.0 Å². The lowest BCUT2D eigenvalue weighted by Gasteiger charge is -2.38. The minimum absolute atomic E-state index is 0.0674. The van der Waals surface area contributed by atoms with E-state index >= 15 is 0 Å². The molecule has 1 unspecified atom stereocenters.